The highest BCUT2D eigenvalue weighted by Crippen LogP contribution is 2.16. The second-order valence-corrected chi connectivity index (χ2v) is 4.60. The molecule has 0 unspecified atom stereocenters. The smallest absolute Gasteiger partial charge is 0.412 e. The monoisotopic (exact) mass is 236 g/mol. The van der Waals surface area contributed by atoms with Crippen molar-refractivity contribution >= 4 is 17.6 Å². The van der Waals surface area contributed by atoms with E-state index in [-0.39, 0.29) is 5.78 Å². The zero-order valence-electron chi connectivity index (χ0n) is 10.4. The van der Waals surface area contributed by atoms with Gasteiger partial charge in [0.05, 0.1) is 11.3 Å². The van der Waals surface area contributed by atoms with Crippen molar-refractivity contribution in [3.63, 3.8) is 0 Å². The van der Waals surface area contributed by atoms with Crippen LogP contribution >= 0.6 is 0 Å². The zero-order chi connectivity index (χ0) is 13.1. The lowest BCUT2D eigenvalue weighted by atomic mass is 10.2. The summed E-state index contributed by atoms with van der Waals surface area (Å²) in [6.07, 6.45) is 2.32. The third kappa shape index (κ3) is 4.22. The fourth-order valence-corrected chi connectivity index (χ4v) is 1.20. The van der Waals surface area contributed by atoms with Gasteiger partial charge in [-0.25, -0.2) is 4.79 Å². The molecule has 0 aromatic carbocycles. The molecule has 17 heavy (non-hydrogen) atoms. The lowest BCUT2D eigenvalue weighted by molar-refractivity contribution is 0.0636. The molecule has 1 amide bonds. The first-order chi connectivity index (χ1) is 7.79. The molecule has 1 aromatic heterocycles. The van der Waals surface area contributed by atoms with E-state index in [4.69, 9.17) is 4.74 Å². The molecule has 0 radical (unpaired) electrons. The summed E-state index contributed by atoms with van der Waals surface area (Å²) in [4.78, 5) is 26.7. The van der Waals surface area contributed by atoms with Crippen molar-refractivity contribution in [1.82, 2.24) is 4.98 Å². The number of pyridine rings is 1. The molecule has 5 nitrogen and oxygen atoms in total. The van der Waals surface area contributed by atoms with E-state index in [1.165, 1.54) is 19.3 Å². The fourth-order valence-electron chi connectivity index (χ4n) is 1.20. The number of ether oxygens (including phenoxy) is 1. The molecule has 1 heterocycles. The molecule has 1 N–H and O–H groups in total. The number of nitrogens with one attached hydrogen (secondary N) is 1. The van der Waals surface area contributed by atoms with E-state index in [1.54, 1.807) is 26.8 Å². The van der Waals surface area contributed by atoms with Crippen LogP contribution in [0.4, 0.5) is 10.5 Å². The van der Waals surface area contributed by atoms with Crippen molar-refractivity contribution in [3.8, 4) is 0 Å². The van der Waals surface area contributed by atoms with Crippen molar-refractivity contribution in [2.24, 2.45) is 0 Å². The minimum absolute atomic E-state index is 0.163. The minimum Gasteiger partial charge on any atom is -0.444 e. The standard InChI is InChI=1S/C12H16N2O3/c1-8(15)9-7-13-6-5-10(9)14-11(16)17-12(2,3)4/h5-7H,1-4H3,(H,13,14,16). The Hall–Kier alpha value is -1.91. The number of Topliss-reactive ketones (excluding diaryl/α,β-unsaturated/α-hetero) is 1. The molecule has 0 aliphatic carbocycles. The maximum Gasteiger partial charge on any atom is 0.412 e. The van der Waals surface area contributed by atoms with Crippen molar-refractivity contribution in [2.45, 2.75) is 33.3 Å². The number of nitrogens with zero attached hydrogens (tertiary/aromatic N) is 1. The number of carbonyl (C=O) groups excluding carboxylic acids is 2. The highest BCUT2D eigenvalue weighted by molar-refractivity contribution is 6.02. The topological polar surface area (TPSA) is 68.3 Å². The van der Waals surface area contributed by atoms with Gasteiger partial charge in [0.25, 0.3) is 0 Å². The summed E-state index contributed by atoms with van der Waals surface area (Å²) in [7, 11) is 0. The molecule has 1 aromatic rings. The predicted octanol–water partition coefficient (Wildman–Crippen LogP) is 2.63. The Morgan fingerprint density at radius 1 is 1.35 bits per heavy atom. The van der Waals surface area contributed by atoms with Crippen LogP contribution in [0.25, 0.3) is 0 Å². The van der Waals surface area contributed by atoms with Gasteiger partial charge in [-0.3, -0.25) is 15.1 Å². The number of hydrogen-bond acceptors (Lipinski definition) is 4. The van der Waals surface area contributed by atoms with Gasteiger partial charge in [-0.2, -0.15) is 0 Å². The molecular formula is C12H16N2O3. The van der Waals surface area contributed by atoms with E-state index in [0.717, 1.165) is 0 Å². The maximum atomic E-state index is 11.5. The van der Waals surface area contributed by atoms with E-state index in [2.05, 4.69) is 10.3 Å². The van der Waals surface area contributed by atoms with Crippen molar-refractivity contribution in [2.75, 3.05) is 5.32 Å². The number of hydrogen-bond donors (Lipinski definition) is 1. The van der Waals surface area contributed by atoms with Crippen molar-refractivity contribution in [3.05, 3.63) is 24.0 Å². The van der Waals surface area contributed by atoms with E-state index in [9.17, 15) is 9.59 Å². The molecule has 0 saturated carbocycles. The zero-order valence-corrected chi connectivity index (χ0v) is 10.4. The maximum absolute atomic E-state index is 11.5. The molecule has 0 atom stereocenters. The van der Waals surface area contributed by atoms with Gasteiger partial charge in [-0.05, 0) is 33.8 Å². The first-order valence-electron chi connectivity index (χ1n) is 5.24. The molecule has 5 heteroatoms. The molecule has 0 aliphatic heterocycles. The number of ketones is 1. The second kappa shape index (κ2) is 4.95. The summed E-state index contributed by atoms with van der Waals surface area (Å²) in [5.41, 5.74) is 0.188. The molecule has 0 bridgehead atoms. The number of amides is 1. The summed E-state index contributed by atoms with van der Waals surface area (Å²) in [5, 5.41) is 2.53. The van der Waals surface area contributed by atoms with Gasteiger partial charge in [0, 0.05) is 12.4 Å². The molecule has 0 aliphatic rings. The molecular weight excluding hydrogens is 220 g/mol. The SMILES string of the molecule is CC(=O)c1cnccc1NC(=O)OC(C)(C)C. The molecule has 92 valence electrons. The van der Waals surface area contributed by atoms with Crippen LogP contribution in [0.1, 0.15) is 38.1 Å². The van der Waals surface area contributed by atoms with Crippen LogP contribution in [0.15, 0.2) is 18.5 Å². The van der Waals surface area contributed by atoms with Crippen molar-refractivity contribution < 1.29 is 14.3 Å². The predicted molar refractivity (Wildman–Crippen MR) is 64.1 cm³/mol. The summed E-state index contributed by atoms with van der Waals surface area (Å²) >= 11 is 0. The summed E-state index contributed by atoms with van der Waals surface area (Å²) < 4.78 is 5.09. The summed E-state index contributed by atoms with van der Waals surface area (Å²) in [5.74, 6) is -0.163. The van der Waals surface area contributed by atoms with Crippen LogP contribution in [0, 0.1) is 0 Å². The summed E-state index contributed by atoms with van der Waals surface area (Å²) in [6.45, 7) is 6.72. The van der Waals surface area contributed by atoms with E-state index < -0.39 is 11.7 Å². The number of carbonyl (C=O) groups is 2. The van der Waals surface area contributed by atoms with Crippen LogP contribution in [0.5, 0.6) is 0 Å². The van der Waals surface area contributed by atoms with Crippen molar-refractivity contribution in [1.29, 1.82) is 0 Å². The lowest BCUT2D eigenvalue weighted by Gasteiger charge is -2.20. The summed E-state index contributed by atoms with van der Waals surface area (Å²) in [6, 6.07) is 1.56. The van der Waals surface area contributed by atoms with Gasteiger partial charge >= 0.3 is 6.09 Å². The van der Waals surface area contributed by atoms with Gasteiger partial charge in [-0.1, -0.05) is 0 Å². The van der Waals surface area contributed by atoms with Gasteiger partial charge in [-0.15, -0.1) is 0 Å². The molecule has 1 rings (SSSR count). The minimum atomic E-state index is -0.591. The Morgan fingerprint density at radius 2 is 2.00 bits per heavy atom. The Morgan fingerprint density at radius 3 is 2.53 bits per heavy atom. The molecule has 0 fully saturated rings. The number of anilines is 1. The average molecular weight is 236 g/mol. The quantitative estimate of drug-likeness (QED) is 0.801. The first kappa shape index (κ1) is 13.2. The largest absolute Gasteiger partial charge is 0.444 e. The van der Waals surface area contributed by atoms with E-state index in [1.807, 2.05) is 0 Å². The van der Waals surface area contributed by atoms with Crippen LogP contribution in [-0.2, 0) is 4.74 Å². The van der Waals surface area contributed by atoms with Gasteiger partial charge in [0.15, 0.2) is 5.78 Å². The van der Waals surface area contributed by atoms with Crippen LogP contribution in [0.2, 0.25) is 0 Å². The van der Waals surface area contributed by atoms with Gasteiger partial charge < -0.3 is 4.74 Å². The number of aromatic nitrogens is 1. The Balaban J connectivity index is 2.82. The third-order valence-corrected chi connectivity index (χ3v) is 1.84. The highest BCUT2D eigenvalue weighted by atomic mass is 16.6. The lowest BCUT2D eigenvalue weighted by Crippen LogP contribution is -2.27. The Bertz CT molecular complexity index is 436. The fraction of sp³-hybridized carbons (Fsp3) is 0.417. The van der Waals surface area contributed by atoms with Crippen LogP contribution in [0.3, 0.4) is 0 Å². The van der Waals surface area contributed by atoms with Crippen LogP contribution < -0.4 is 5.32 Å². The van der Waals surface area contributed by atoms with Gasteiger partial charge in [0.2, 0.25) is 0 Å². The Labute approximate surface area is 100 Å². The second-order valence-electron chi connectivity index (χ2n) is 4.60. The average Bonchev–Trinajstić information content (AvgIpc) is 2.14. The van der Waals surface area contributed by atoms with E-state index >= 15 is 0 Å². The van der Waals surface area contributed by atoms with Gasteiger partial charge in [0.1, 0.15) is 5.60 Å². The molecule has 0 spiro atoms. The molecule has 0 saturated heterocycles. The van der Waals surface area contributed by atoms with Crippen LogP contribution in [-0.4, -0.2) is 22.5 Å². The first-order valence-corrected chi connectivity index (χ1v) is 5.24. The third-order valence-electron chi connectivity index (χ3n) is 1.84. The highest BCUT2D eigenvalue weighted by Gasteiger charge is 2.17. The number of rotatable bonds is 2. The normalized spacial score (nSPS) is 10.8. The Kier molecular flexibility index (Phi) is 3.83. The van der Waals surface area contributed by atoms with E-state index in [0.29, 0.717) is 11.3 Å².